The first kappa shape index (κ1) is 8.48. The summed E-state index contributed by atoms with van der Waals surface area (Å²) in [7, 11) is 0. The molecular formula is C10H13NO2. The summed E-state index contributed by atoms with van der Waals surface area (Å²) >= 11 is 0. The SMILES string of the molecule is CC(=O)N1C(=O)C=C2CCCCC21. The van der Waals surface area contributed by atoms with Gasteiger partial charge in [-0.05, 0) is 24.8 Å². The van der Waals surface area contributed by atoms with Gasteiger partial charge in [0.05, 0.1) is 6.04 Å². The van der Waals surface area contributed by atoms with Crippen molar-refractivity contribution in [1.82, 2.24) is 4.90 Å². The molecule has 0 N–H and O–H groups in total. The predicted molar refractivity (Wildman–Crippen MR) is 47.9 cm³/mol. The highest BCUT2D eigenvalue weighted by Crippen LogP contribution is 2.32. The van der Waals surface area contributed by atoms with Gasteiger partial charge in [0.25, 0.3) is 5.91 Å². The van der Waals surface area contributed by atoms with Crippen LogP contribution in [0.4, 0.5) is 0 Å². The summed E-state index contributed by atoms with van der Waals surface area (Å²) < 4.78 is 0. The number of hydrogen-bond acceptors (Lipinski definition) is 2. The van der Waals surface area contributed by atoms with Gasteiger partial charge in [-0.2, -0.15) is 0 Å². The van der Waals surface area contributed by atoms with Crippen LogP contribution in [0.1, 0.15) is 32.6 Å². The van der Waals surface area contributed by atoms with Crippen LogP contribution in [-0.4, -0.2) is 22.8 Å². The molecule has 0 saturated heterocycles. The first-order valence-electron chi connectivity index (χ1n) is 4.74. The van der Waals surface area contributed by atoms with E-state index in [2.05, 4.69) is 0 Å². The average Bonchev–Trinajstić information content (AvgIpc) is 2.39. The topological polar surface area (TPSA) is 37.4 Å². The van der Waals surface area contributed by atoms with Crippen LogP contribution >= 0.6 is 0 Å². The highest BCUT2D eigenvalue weighted by molar-refractivity contribution is 6.03. The molecule has 3 heteroatoms. The third-order valence-electron chi connectivity index (χ3n) is 2.82. The van der Waals surface area contributed by atoms with Gasteiger partial charge >= 0.3 is 0 Å². The molecule has 1 aliphatic heterocycles. The summed E-state index contributed by atoms with van der Waals surface area (Å²) in [5, 5.41) is 0. The van der Waals surface area contributed by atoms with Gasteiger partial charge in [0, 0.05) is 13.0 Å². The largest absolute Gasteiger partial charge is 0.275 e. The minimum atomic E-state index is -0.122. The van der Waals surface area contributed by atoms with E-state index in [9.17, 15) is 9.59 Å². The van der Waals surface area contributed by atoms with Crippen LogP contribution < -0.4 is 0 Å². The molecule has 1 aliphatic carbocycles. The van der Waals surface area contributed by atoms with E-state index in [-0.39, 0.29) is 17.9 Å². The van der Waals surface area contributed by atoms with Crippen molar-refractivity contribution in [1.29, 1.82) is 0 Å². The summed E-state index contributed by atoms with van der Waals surface area (Å²) in [6, 6.07) is 0.0961. The number of hydrogen-bond donors (Lipinski definition) is 0. The first-order valence-corrected chi connectivity index (χ1v) is 4.74. The van der Waals surface area contributed by atoms with Gasteiger partial charge < -0.3 is 0 Å². The van der Waals surface area contributed by atoms with Crippen LogP contribution in [0.3, 0.4) is 0 Å². The van der Waals surface area contributed by atoms with E-state index < -0.39 is 0 Å². The maximum absolute atomic E-state index is 11.4. The van der Waals surface area contributed by atoms with Crippen molar-refractivity contribution < 1.29 is 9.59 Å². The zero-order chi connectivity index (χ0) is 9.42. The molecule has 1 heterocycles. The molecule has 1 saturated carbocycles. The summed E-state index contributed by atoms with van der Waals surface area (Å²) in [5.74, 6) is -0.238. The fourth-order valence-corrected chi connectivity index (χ4v) is 2.24. The monoisotopic (exact) mass is 179 g/mol. The number of amides is 2. The Bertz CT molecular complexity index is 293. The van der Waals surface area contributed by atoms with Crippen molar-refractivity contribution in [2.75, 3.05) is 0 Å². The second-order valence-corrected chi connectivity index (χ2v) is 3.71. The van der Waals surface area contributed by atoms with Gasteiger partial charge in [0.15, 0.2) is 0 Å². The third-order valence-corrected chi connectivity index (χ3v) is 2.82. The molecular weight excluding hydrogens is 166 g/mol. The highest BCUT2D eigenvalue weighted by atomic mass is 16.2. The van der Waals surface area contributed by atoms with Gasteiger partial charge in [0.2, 0.25) is 5.91 Å². The predicted octanol–water partition coefficient (Wildman–Crippen LogP) is 1.24. The van der Waals surface area contributed by atoms with Gasteiger partial charge in [-0.25, -0.2) is 0 Å². The molecule has 13 heavy (non-hydrogen) atoms. The minimum absolute atomic E-state index is 0.0961. The van der Waals surface area contributed by atoms with Crippen molar-refractivity contribution >= 4 is 11.8 Å². The Hall–Kier alpha value is -1.12. The van der Waals surface area contributed by atoms with Crippen LogP contribution in [0.15, 0.2) is 11.6 Å². The smallest absolute Gasteiger partial charge is 0.253 e. The Balaban J connectivity index is 2.25. The summed E-state index contributed by atoms with van der Waals surface area (Å²) in [5.41, 5.74) is 1.16. The quantitative estimate of drug-likeness (QED) is 0.561. The molecule has 1 atom stereocenters. The van der Waals surface area contributed by atoms with Gasteiger partial charge in [-0.1, -0.05) is 6.42 Å². The molecule has 2 amide bonds. The highest BCUT2D eigenvalue weighted by Gasteiger charge is 2.36. The van der Waals surface area contributed by atoms with E-state index in [4.69, 9.17) is 0 Å². The van der Waals surface area contributed by atoms with Gasteiger partial charge in [-0.3, -0.25) is 14.5 Å². The van der Waals surface area contributed by atoms with Crippen molar-refractivity contribution in [2.45, 2.75) is 38.6 Å². The molecule has 1 fully saturated rings. The lowest BCUT2D eigenvalue weighted by molar-refractivity contribution is -0.141. The Morgan fingerprint density at radius 2 is 2.31 bits per heavy atom. The number of carbonyl (C=O) groups excluding carboxylic acids is 2. The molecule has 0 radical (unpaired) electrons. The van der Waals surface area contributed by atoms with Crippen molar-refractivity contribution in [2.24, 2.45) is 0 Å². The molecule has 0 spiro atoms. The summed E-state index contributed by atoms with van der Waals surface area (Å²) in [4.78, 5) is 24.0. The number of rotatable bonds is 0. The second-order valence-electron chi connectivity index (χ2n) is 3.71. The zero-order valence-corrected chi connectivity index (χ0v) is 7.75. The van der Waals surface area contributed by atoms with Crippen LogP contribution in [0.5, 0.6) is 0 Å². The summed E-state index contributed by atoms with van der Waals surface area (Å²) in [6.07, 6.45) is 5.86. The normalized spacial score (nSPS) is 27.2. The molecule has 2 rings (SSSR count). The zero-order valence-electron chi connectivity index (χ0n) is 7.75. The van der Waals surface area contributed by atoms with E-state index in [0.29, 0.717) is 0 Å². The Labute approximate surface area is 77.4 Å². The van der Waals surface area contributed by atoms with Crippen LogP contribution in [0.25, 0.3) is 0 Å². The van der Waals surface area contributed by atoms with Crippen LogP contribution in [0, 0.1) is 0 Å². The lowest BCUT2D eigenvalue weighted by Gasteiger charge is -2.27. The molecule has 2 aliphatic rings. The first-order chi connectivity index (χ1) is 6.20. The van der Waals surface area contributed by atoms with Crippen LogP contribution in [0.2, 0.25) is 0 Å². The second kappa shape index (κ2) is 2.98. The maximum Gasteiger partial charge on any atom is 0.253 e. The Morgan fingerprint density at radius 3 is 3.00 bits per heavy atom. The van der Waals surface area contributed by atoms with Gasteiger partial charge in [-0.15, -0.1) is 0 Å². The fraction of sp³-hybridized carbons (Fsp3) is 0.600. The maximum atomic E-state index is 11.4. The lowest BCUT2D eigenvalue weighted by Crippen LogP contribution is -2.39. The molecule has 0 aromatic carbocycles. The van der Waals surface area contributed by atoms with E-state index in [0.717, 1.165) is 31.3 Å². The number of carbonyl (C=O) groups is 2. The third kappa shape index (κ3) is 1.28. The van der Waals surface area contributed by atoms with Crippen LogP contribution in [-0.2, 0) is 9.59 Å². The summed E-state index contributed by atoms with van der Waals surface area (Å²) in [6.45, 7) is 1.46. The van der Waals surface area contributed by atoms with Crippen molar-refractivity contribution in [3.8, 4) is 0 Å². The molecule has 1 unspecified atom stereocenters. The minimum Gasteiger partial charge on any atom is -0.275 e. The number of fused-ring (bicyclic) bond motifs is 1. The van der Waals surface area contributed by atoms with Crippen molar-refractivity contribution in [3.05, 3.63) is 11.6 Å². The number of imide groups is 1. The number of nitrogens with zero attached hydrogens (tertiary/aromatic N) is 1. The molecule has 0 aromatic heterocycles. The lowest BCUT2D eigenvalue weighted by atomic mass is 9.91. The van der Waals surface area contributed by atoms with E-state index in [1.54, 1.807) is 6.08 Å². The molecule has 70 valence electrons. The van der Waals surface area contributed by atoms with E-state index in [1.807, 2.05) is 0 Å². The molecule has 0 aromatic rings. The van der Waals surface area contributed by atoms with Crippen molar-refractivity contribution in [3.63, 3.8) is 0 Å². The Morgan fingerprint density at radius 1 is 1.54 bits per heavy atom. The molecule has 0 bridgehead atoms. The molecule has 3 nitrogen and oxygen atoms in total. The standard InChI is InChI=1S/C10H13NO2/c1-7(12)11-9-5-3-2-4-8(9)6-10(11)13/h6,9H,2-5H2,1H3. The van der Waals surface area contributed by atoms with E-state index >= 15 is 0 Å². The average molecular weight is 179 g/mol. The van der Waals surface area contributed by atoms with Gasteiger partial charge in [0.1, 0.15) is 0 Å². The Kier molecular flexibility index (Phi) is 1.94. The van der Waals surface area contributed by atoms with E-state index in [1.165, 1.54) is 11.8 Å². The fourth-order valence-electron chi connectivity index (χ4n) is 2.24.